The highest BCUT2D eigenvalue weighted by molar-refractivity contribution is 5.35. The Kier molecular flexibility index (Phi) is 2.27. The Morgan fingerprint density at radius 3 is 2.71 bits per heavy atom. The van der Waals surface area contributed by atoms with Gasteiger partial charge in [0.25, 0.3) is 0 Å². The van der Waals surface area contributed by atoms with Gasteiger partial charge in [0.05, 0.1) is 0 Å². The van der Waals surface area contributed by atoms with Crippen LogP contribution >= 0.6 is 0 Å². The number of rotatable bonds is 1. The summed E-state index contributed by atoms with van der Waals surface area (Å²) < 4.78 is 0. The lowest BCUT2D eigenvalue weighted by atomic mass is 9.79. The van der Waals surface area contributed by atoms with Crippen LogP contribution in [0.2, 0.25) is 0 Å². The normalized spacial score (nSPS) is 39.3. The van der Waals surface area contributed by atoms with E-state index >= 15 is 0 Å². The third-order valence-corrected chi connectivity index (χ3v) is 4.98. The Balaban J connectivity index is 1.64. The average molecular weight is 228 g/mol. The maximum absolute atomic E-state index is 3.73. The van der Waals surface area contributed by atoms with Crippen molar-refractivity contribution in [1.29, 1.82) is 0 Å². The second-order valence-electron chi connectivity index (χ2n) is 5.84. The summed E-state index contributed by atoms with van der Waals surface area (Å²) in [7, 11) is 0. The van der Waals surface area contributed by atoms with Gasteiger partial charge in [-0.1, -0.05) is 24.3 Å². The summed E-state index contributed by atoms with van der Waals surface area (Å²) >= 11 is 0. The van der Waals surface area contributed by atoms with E-state index in [2.05, 4.69) is 34.5 Å². The van der Waals surface area contributed by atoms with Crippen LogP contribution in [0.1, 0.15) is 36.4 Å². The molecule has 2 heteroatoms. The summed E-state index contributed by atoms with van der Waals surface area (Å²) in [5, 5.41) is 3.73. The molecule has 2 atom stereocenters. The molecule has 0 amide bonds. The van der Waals surface area contributed by atoms with Gasteiger partial charge in [-0.15, -0.1) is 0 Å². The Morgan fingerprint density at radius 1 is 1.12 bits per heavy atom. The molecule has 3 fully saturated rings. The summed E-state index contributed by atoms with van der Waals surface area (Å²) in [6.07, 6.45) is 4.28. The zero-order valence-corrected chi connectivity index (χ0v) is 10.2. The van der Waals surface area contributed by atoms with Gasteiger partial charge >= 0.3 is 0 Å². The Hall–Kier alpha value is -0.860. The molecule has 4 heterocycles. The molecule has 2 unspecified atom stereocenters. The fourth-order valence-corrected chi connectivity index (χ4v) is 4.03. The van der Waals surface area contributed by atoms with Crippen LogP contribution in [0.4, 0.5) is 0 Å². The average Bonchev–Trinajstić information content (AvgIpc) is 2.84. The molecule has 1 aromatic rings. The first kappa shape index (κ1) is 10.1. The molecule has 0 aromatic heterocycles. The van der Waals surface area contributed by atoms with Crippen LogP contribution < -0.4 is 5.32 Å². The van der Waals surface area contributed by atoms with Crippen molar-refractivity contribution in [2.75, 3.05) is 13.1 Å². The first-order valence-corrected chi connectivity index (χ1v) is 6.97. The number of nitrogens with one attached hydrogen (secondary N) is 1. The van der Waals surface area contributed by atoms with Crippen LogP contribution in [0.15, 0.2) is 24.3 Å². The smallest absolute Gasteiger partial charge is 0.0484 e. The quantitative estimate of drug-likeness (QED) is 0.793. The number of hydrogen-bond acceptors (Lipinski definition) is 2. The van der Waals surface area contributed by atoms with Crippen molar-refractivity contribution in [2.45, 2.75) is 37.9 Å². The van der Waals surface area contributed by atoms with E-state index in [1.807, 2.05) is 0 Å². The predicted octanol–water partition coefficient (Wildman–Crippen LogP) is 2.32. The van der Waals surface area contributed by atoms with Crippen molar-refractivity contribution in [3.63, 3.8) is 0 Å². The molecular formula is C15H20N2. The summed E-state index contributed by atoms with van der Waals surface area (Å²) in [5.74, 6) is 1.000. The van der Waals surface area contributed by atoms with Gasteiger partial charge in [-0.05, 0) is 49.4 Å². The lowest BCUT2D eigenvalue weighted by Crippen LogP contribution is -2.52. The third-order valence-electron chi connectivity index (χ3n) is 4.98. The van der Waals surface area contributed by atoms with E-state index in [4.69, 9.17) is 0 Å². The molecule has 90 valence electrons. The van der Waals surface area contributed by atoms with E-state index in [9.17, 15) is 0 Å². The molecule has 1 aromatic carbocycles. The Labute approximate surface area is 103 Å². The topological polar surface area (TPSA) is 15.3 Å². The second kappa shape index (κ2) is 3.82. The monoisotopic (exact) mass is 228 g/mol. The number of nitrogens with zero attached hydrogens (tertiary/aromatic N) is 1. The molecule has 2 bridgehead atoms. The van der Waals surface area contributed by atoms with Crippen molar-refractivity contribution >= 4 is 0 Å². The Morgan fingerprint density at radius 2 is 1.94 bits per heavy atom. The summed E-state index contributed by atoms with van der Waals surface area (Å²) in [6, 6.07) is 10.3. The minimum absolute atomic E-state index is 0.592. The molecule has 4 aliphatic heterocycles. The molecular weight excluding hydrogens is 208 g/mol. The lowest BCUT2D eigenvalue weighted by molar-refractivity contribution is 0.0301. The van der Waals surface area contributed by atoms with Gasteiger partial charge < -0.3 is 5.32 Å². The van der Waals surface area contributed by atoms with E-state index in [0.717, 1.165) is 18.5 Å². The van der Waals surface area contributed by atoms with Crippen LogP contribution in [0.25, 0.3) is 0 Å². The number of piperidine rings is 3. The van der Waals surface area contributed by atoms with E-state index in [-0.39, 0.29) is 0 Å². The van der Waals surface area contributed by atoms with Crippen LogP contribution in [0, 0.1) is 5.92 Å². The zero-order chi connectivity index (χ0) is 11.2. The van der Waals surface area contributed by atoms with Crippen molar-refractivity contribution in [2.24, 2.45) is 5.92 Å². The molecule has 4 aliphatic rings. The molecule has 1 N–H and O–H groups in total. The maximum Gasteiger partial charge on any atom is 0.0484 e. The van der Waals surface area contributed by atoms with Crippen LogP contribution in [0.5, 0.6) is 0 Å². The van der Waals surface area contributed by atoms with Gasteiger partial charge in [0.1, 0.15) is 0 Å². The van der Waals surface area contributed by atoms with Gasteiger partial charge in [0, 0.05) is 18.6 Å². The number of hydrogen-bond donors (Lipinski definition) is 1. The predicted molar refractivity (Wildman–Crippen MR) is 68.7 cm³/mol. The van der Waals surface area contributed by atoms with E-state index in [1.165, 1.54) is 37.9 Å². The van der Waals surface area contributed by atoms with E-state index in [1.54, 1.807) is 5.56 Å². The fourth-order valence-electron chi connectivity index (χ4n) is 4.03. The van der Waals surface area contributed by atoms with Crippen molar-refractivity contribution in [3.05, 3.63) is 35.4 Å². The number of benzene rings is 1. The molecule has 2 nitrogen and oxygen atoms in total. The number of fused-ring (bicyclic) bond motifs is 4. The highest BCUT2D eigenvalue weighted by Crippen LogP contribution is 2.40. The summed E-state index contributed by atoms with van der Waals surface area (Å²) in [4.78, 5) is 2.72. The summed E-state index contributed by atoms with van der Waals surface area (Å²) in [5.41, 5.74) is 3.07. The van der Waals surface area contributed by atoms with Crippen molar-refractivity contribution < 1.29 is 0 Å². The minimum Gasteiger partial charge on any atom is -0.304 e. The highest BCUT2D eigenvalue weighted by Gasteiger charge is 2.40. The van der Waals surface area contributed by atoms with Crippen molar-refractivity contribution in [3.8, 4) is 0 Å². The van der Waals surface area contributed by atoms with Gasteiger partial charge in [0.15, 0.2) is 0 Å². The standard InChI is InChI=1S/C15H20N2/c1-2-4-13-12(3-1)10-16-15(13)14-9-11-5-7-17(14)8-6-11/h1-4,11,14-16H,5-10H2. The Bertz CT molecular complexity index is 421. The first-order chi connectivity index (χ1) is 8.42. The van der Waals surface area contributed by atoms with Gasteiger partial charge in [-0.25, -0.2) is 0 Å². The molecule has 0 radical (unpaired) electrons. The second-order valence-corrected chi connectivity index (χ2v) is 5.84. The minimum atomic E-state index is 0.592. The first-order valence-electron chi connectivity index (χ1n) is 6.97. The van der Waals surface area contributed by atoms with Crippen LogP contribution in [0.3, 0.4) is 0 Å². The fraction of sp³-hybridized carbons (Fsp3) is 0.600. The molecule has 0 spiro atoms. The van der Waals surface area contributed by atoms with Gasteiger partial charge in [-0.2, -0.15) is 0 Å². The molecule has 0 saturated carbocycles. The molecule has 3 saturated heterocycles. The zero-order valence-electron chi connectivity index (χ0n) is 10.2. The van der Waals surface area contributed by atoms with Crippen LogP contribution in [-0.2, 0) is 6.54 Å². The van der Waals surface area contributed by atoms with E-state index in [0.29, 0.717) is 6.04 Å². The highest BCUT2D eigenvalue weighted by atomic mass is 15.2. The van der Waals surface area contributed by atoms with Gasteiger partial charge in [0.2, 0.25) is 0 Å². The maximum atomic E-state index is 3.73. The SMILES string of the molecule is c1ccc2c(c1)CNC2C1CC2CCN1CC2. The lowest BCUT2D eigenvalue weighted by Gasteiger charge is -2.48. The summed E-state index contributed by atoms with van der Waals surface area (Å²) in [6.45, 7) is 3.72. The van der Waals surface area contributed by atoms with E-state index < -0.39 is 0 Å². The molecule has 5 rings (SSSR count). The molecule has 0 aliphatic carbocycles. The third kappa shape index (κ3) is 1.54. The largest absolute Gasteiger partial charge is 0.304 e. The van der Waals surface area contributed by atoms with Crippen molar-refractivity contribution in [1.82, 2.24) is 10.2 Å². The van der Waals surface area contributed by atoms with Gasteiger partial charge in [-0.3, -0.25) is 4.90 Å². The van der Waals surface area contributed by atoms with Crippen LogP contribution in [-0.4, -0.2) is 24.0 Å². The molecule has 17 heavy (non-hydrogen) atoms.